The van der Waals surface area contributed by atoms with Gasteiger partial charge in [-0.05, 0) is 57.6 Å². The Morgan fingerprint density at radius 2 is 1.96 bits per heavy atom. The van der Waals surface area contributed by atoms with E-state index in [2.05, 4.69) is 10.4 Å². The number of likely N-dealkylation sites (tertiary alicyclic amines) is 1. The van der Waals surface area contributed by atoms with Crippen molar-refractivity contribution in [1.29, 1.82) is 0 Å². The Labute approximate surface area is 167 Å². The second kappa shape index (κ2) is 7.46. The van der Waals surface area contributed by atoms with E-state index >= 15 is 0 Å². The summed E-state index contributed by atoms with van der Waals surface area (Å²) in [5, 5.41) is 7.66. The number of hydrogen-bond donors (Lipinski definition) is 1. The maximum absolute atomic E-state index is 13.6. The first-order chi connectivity index (χ1) is 13.3. The van der Waals surface area contributed by atoms with Gasteiger partial charge in [-0.25, -0.2) is 13.5 Å². The van der Waals surface area contributed by atoms with Crippen molar-refractivity contribution < 1.29 is 13.6 Å². The fourth-order valence-corrected chi connectivity index (χ4v) is 5.35. The van der Waals surface area contributed by atoms with Gasteiger partial charge in [0.15, 0.2) is 0 Å². The molecule has 8 heteroatoms. The van der Waals surface area contributed by atoms with E-state index in [-0.39, 0.29) is 17.9 Å². The molecule has 4 heterocycles. The van der Waals surface area contributed by atoms with E-state index in [9.17, 15) is 13.6 Å². The highest BCUT2D eigenvalue weighted by Crippen LogP contribution is 2.37. The molecule has 152 valence electrons. The molecule has 4 rings (SSSR count). The number of aryl methyl sites for hydroxylation is 3. The molecule has 0 bridgehead atoms. The summed E-state index contributed by atoms with van der Waals surface area (Å²) in [5.74, 6) is 1.05. The van der Waals surface area contributed by atoms with Crippen molar-refractivity contribution >= 4 is 23.1 Å². The lowest BCUT2D eigenvalue weighted by Crippen LogP contribution is -2.46. The minimum atomic E-state index is -2.44. The van der Waals surface area contributed by atoms with Gasteiger partial charge in [0.1, 0.15) is 11.9 Å². The highest BCUT2D eigenvalue weighted by molar-refractivity contribution is 7.14. The van der Waals surface area contributed by atoms with Crippen LogP contribution in [0.2, 0.25) is 0 Å². The molecule has 0 spiro atoms. The molecule has 0 radical (unpaired) electrons. The molecule has 0 aliphatic carbocycles. The van der Waals surface area contributed by atoms with Crippen LogP contribution in [0.1, 0.15) is 51.1 Å². The lowest BCUT2D eigenvalue weighted by atomic mass is 9.85. The molecule has 2 atom stereocenters. The number of rotatable bonds is 3. The van der Waals surface area contributed by atoms with Crippen molar-refractivity contribution in [2.24, 2.45) is 5.92 Å². The maximum atomic E-state index is 13.6. The number of nitrogens with one attached hydrogen (secondary N) is 1. The van der Waals surface area contributed by atoms with Crippen molar-refractivity contribution in [3.63, 3.8) is 0 Å². The molecule has 1 amide bonds. The lowest BCUT2D eigenvalue weighted by Gasteiger charge is -2.40. The van der Waals surface area contributed by atoms with Crippen molar-refractivity contribution in [3.8, 4) is 0 Å². The number of anilines is 1. The van der Waals surface area contributed by atoms with E-state index < -0.39 is 12.5 Å². The molecule has 2 aromatic heterocycles. The molecule has 1 N–H and O–H groups in total. The van der Waals surface area contributed by atoms with Gasteiger partial charge in [-0.1, -0.05) is 0 Å². The third kappa shape index (κ3) is 3.54. The predicted molar refractivity (Wildman–Crippen MR) is 106 cm³/mol. The van der Waals surface area contributed by atoms with Crippen LogP contribution in [0.4, 0.5) is 14.6 Å². The van der Waals surface area contributed by atoms with Gasteiger partial charge in [0.25, 0.3) is 12.3 Å². The van der Waals surface area contributed by atoms with Crippen LogP contribution in [-0.4, -0.2) is 46.1 Å². The molecule has 2 aromatic rings. The zero-order valence-electron chi connectivity index (χ0n) is 16.4. The van der Waals surface area contributed by atoms with Gasteiger partial charge in [-0.15, -0.1) is 11.3 Å². The number of carbonyl (C=O) groups excluding carboxylic acids is 1. The van der Waals surface area contributed by atoms with Crippen LogP contribution in [0.15, 0.2) is 12.1 Å². The first-order valence-corrected chi connectivity index (χ1v) is 10.6. The topological polar surface area (TPSA) is 50.2 Å². The summed E-state index contributed by atoms with van der Waals surface area (Å²) in [4.78, 5) is 16.6. The lowest BCUT2D eigenvalue weighted by molar-refractivity contribution is 0.0540. The Balaban J connectivity index is 1.42. The monoisotopic (exact) mass is 408 g/mol. The predicted octanol–water partition coefficient (Wildman–Crippen LogP) is 4.41. The van der Waals surface area contributed by atoms with Gasteiger partial charge in [0.05, 0.1) is 10.6 Å². The van der Waals surface area contributed by atoms with Crippen molar-refractivity contribution in [2.45, 2.75) is 58.5 Å². The van der Waals surface area contributed by atoms with Crippen molar-refractivity contribution in [3.05, 3.63) is 33.1 Å². The van der Waals surface area contributed by atoms with Crippen LogP contribution in [0, 0.1) is 26.7 Å². The SMILES string of the molecule is Cc1cc2n(n1)[C@@H](C(F)F)C[C@@H](C1CCN(C(=O)c3cc(C)c(C)s3)CC1)N2. The second-order valence-electron chi connectivity index (χ2n) is 7.98. The second-order valence-corrected chi connectivity index (χ2v) is 9.24. The van der Waals surface area contributed by atoms with E-state index in [0.29, 0.717) is 25.3 Å². The Bertz CT molecular complexity index is 850. The summed E-state index contributed by atoms with van der Waals surface area (Å²) in [6.45, 7) is 7.23. The first-order valence-electron chi connectivity index (χ1n) is 9.80. The number of fused-ring (bicyclic) bond motifs is 1. The van der Waals surface area contributed by atoms with Crippen LogP contribution in [-0.2, 0) is 0 Å². The summed E-state index contributed by atoms with van der Waals surface area (Å²) >= 11 is 1.55. The summed E-state index contributed by atoms with van der Waals surface area (Å²) in [6.07, 6.45) is -0.408. The zero-order chi connectivity index (χ0) is 20.0. The number of halogens is 2. The highest BCUT2D eigenvalue weighted by Gasteiger charge is 2.38. The summed E-state index contributed by atoms with van der Waals surface area (Å²) in [7, 11) is 0. The average molecular weight is 409 g/mol. The molecule has 1 saturated heterocycles. The number of alkyl halides is 2. The third-order valence-electron chi connectivity index (χ3n) is 6.06. The molecule has 0 saturated carbocycles. The van der Waals surface area contributed by atoms with Crippen molar-refractivity contribution in [2.75, 3.05) is 18.4 Å². The largest absolute Gasteiger partial charge is 0.367 e. The normalized spacial score (nSPS) is 23.0. The van der Waals surface area contributed by atoms with Gasteiger partial charge in [-0.3, -0.25) is 4.79 Å². The van der Waals surface area contributed by atoms with E-state index in [1.807, 2.05) is 37.8 Å². The highest BCUT2D eigenvalue weighted by atomic mass is 32.1. The van der Waals surface area contributed by atoms with Gasteiger partial charge in [0, 0.05) is 30.1 Å². The summed E-state index contributed by atoms with van der Waals surface area (Å²) in [5.41, 5.74) is 1.90. The minimum Gasteiger partial charge on any atom is -0.367 e. The van der Waals surface area contributed by atoms with Crippen molar-refractivity contribution in [1.82, 2.24) is 14.7 Å². The summed E-state index contributed by atoms with van der Waals surface area (Å²) < 4.78 is 28.6. The number of hydrogen-bond acceptors (Lipinski definition) is 4. The standard InChI is InChI=1S/C20H26F2N4OS/c1-11-8-17(28-13(11)3)20(27)25-6-4-14(5-7-25)15-10-16(19(21)22)26-18(23-15)9-12(2)24-26/h8-9,14-16,19,23H,4-7,10H2,1-3H3/t15-,16+/m0/s1. The Morgan fingerprint density at radius 3 is 2.57 bits per heavy atom. The molecule has 0 unspecified atom stereocenters. The molecule has 1 fully saturated rings. The Hall–Kier alpha value is -1.96. The number of nitrogens with zero attached hydrogens (tertiary/aromatic N) is 3. The number of piperidine rings is 1. The number of amides is 1. The van der Waals surface area contributed by atoms with E-state index in [1.165, 1.54) is 9.56 Å². The van der Waals surface area contributed by atoms with Gasteiger partial charge >= 0.3 is 0 Å². The maximum Gasteiger partial charge on any atom is 0.263 e. The molecule has 0 aromatic carbocycles. The van der Waals surface area contributed by atoms with Gasteiger partial charge < -0.3 is 10.2 Å². The van der Waals surface area contributed by atoms with Crippen LogP contribution >= 0.6 is 11.3 Å². The Kier molecular flexibility index (Phi) is 5.16. The van der Waals surface area contributed by atoms with Crippen LogP contribution in [0.3, 0.4) is 0 Å². The van der Waals surface area contributed by atoms with Gasteiger partial charge in [0.2, 0.25) is 0 Å². The minimum absolute atomic E-state index is 0.00826. The zero-order valence-corrected chi connectivity index (χ0v) is 17.2. The van der Waals surface area contributed by atoms with Crippen LogP contribution in [0.25, 0.3) is 0 Å². The fraction of sp³-hybridized carbons (Fsp3) is 0.600. The quantitative estimate of drug-likeness (QED) is 0.818. The van der Waals surface area contributed by atoms with Crippen LogP contribution < -0.4 is 5.32 Å². The van der Waals surface area contributed by atoms with Gasteiger partial charge in [-0.2, -0.15) is 5.10 Å². The molecule has 2 aliphatic heterocycles. The smallest absolute Gasteiger partial charge is 0.263 e. The average Bonchev–Trinajstić information content (AvgIpc) is 3.21. The fourth-order valence-electron chi connectivity index (χ4n) is 4.35. The van der Waals surface area contributed by atoms with E-state index in [0.717, 1.165) is 29.0 Å². The third-order valence-corrected chi connectivity index (χ3v) is 7.20. The van der Waals surface area contributed by atoms with E-state index in [1.54, 1.807) is 11.3 Å². The van der Waals surface area contributed by atoms with Crippen LogP contribution in [0.5, 0.6) is 0 Å². The molecule has 28 heavy (non-hydrogen) atoms. The molecular formula is C20H26F2N4OS. The number of thiophene rings is 1. The van der Waals surface area contributed by atoms with E-state index in [4.69, 9.17) is 0 Å². The Morgan fingerprint density at radius 1 is 1.25 bits per heavy atom. The first kappa shape index (κ1) is 19.4. The molecule has 5 nitrogen and oxygen atoms in total. The summed E-state index contributed by atoms with van der Waals surface area (Å²) in [6, 6.07) is 2.91. The molecular weight excluding hydrogens is 382 g/mol. The molecule has 2 aliphatic rings. The number of aromatic nitrogens is 2. The number of carbonyl (C=O) groups is 1.